The summed E-state index contributed by atoms with van der Waals surface area (Å²) in [5, 5.41) is 10.1. The molecule has 5 heteroatoms. The molecule has 1 heterocycles. The number of ether oxygens (including phenoxy) is 2. The van der Waals surface area contributed by atoms with Gasteiger partial charge in [-0.05, 0) is 197 Å². The molecule has 7 aromatic carbocycles. The SMILES string of the molecule is C1CC2C3CCC(C3)C2C1.COc1c(C)cc(C)cc1C.COc1ccc(C(c2ccc(C)cc2)(c2ccc(O)cc2)P2(=O)Cc3ccccc3-c3ccccc32)cc1.Cc1cc(C)c(C)c(C)c1. The molecule has 0 amide bonds. The Morgan fingerprint density at radius 1 is 0.522 bits per heavy atom. The zero-order valence-electron chi connectivity index (χ0n) is 42.7. The van der Waals surface area contributed by atoms with Crippen molar-refractivity contribution in [1.29, 1.82) is 0 Å². The molecule has 6 unspecified atom stereocenters. The summed E-state index contributed by atoms with van der Waals surface area (Å²) in [6.07, 6.45) is 9.95. The van der Waals surface area contributed by atoms with Crippen molar-refractivity contribution < 1.29 is 19.1 Å². The molecule has 0 aromatic heterocycles. The molecule has 6 atom stereocenters. The van der Waals surface area contributed by atoms with Crippen LogP contribution in [0, 0.1) is 79.1 Å². The van der Waals surface area contributed by atoms with E-state index in [2.05, 4.69) is 122 Å². The van der Waals surface area contributed by atoms with Crippen molar-refractivity contribution in [2.24, 2.45) is 23.7 Å². The molecule has 0 radical (unpaired) electrons. The summed E-state index contributed by atoms with van der Waals surface area (Å²) in [5.74, 6) is 6.72. The molecule has 0 spiro atoms. The summed E-state index contributed by atoms with van der Waals surface area (Å²) in [7, 11) is 0.0455. The second-order valence-corrected chi connectivity index (χ2v) is 23.4. The lowest BCUT2D eigenvalue weighted by molar-refractivity contribution is 0.259. The highest BCUT2D eigenvalue weighted by atomic mass is 31.2. The molecule has 1 aliphatic heterocycles. The average molecular weight is 937 g/mol. The normalized spacial score (nSPS) is 21.1. The minimum Gasteiger partial charge on any atom is -0.508 e. The summed E-state index contributed by atoms with van der Waals surface area (Å²) < 4.78 is 27.0. The Morgan fingerprint density at radius 2 is 1.00 bits per heavy atom. The third kappa shape index (κ3) is 9.85. The Labute approximate surface area is 413 Å². The van der Waals surface area contributed by atoms with Gasteiger partial charge in [-0.25, -0.2) is 0 Å². The lowest BCUT2D eigenvalue weighted by atomic mass is 9.82. The zero-order chi connectivity index (χ0) is 49.0. The van der Waals surface area contributed by atoms with E-state index in [0.29, 0.717) is 6.16 Å². The number of phenols is 1. The Bertz CT molecular complexity index is 2820. The Balaban J connectivity index is 0.000000165. The van der Waals surface area contributed by atoms with Crippen LogP contribution in [0.25, 0.3) is 11.1 Å². The third-order valence-electron chi connectivity index (χ3n) is 16.0. The summed E-state index contributed by atoms with van der Waals surface area (Å²) in [6.45, 7) is 16.9. The number of benzene rings is 7. The number of phenolic OH excluding ortho intramolecular Hbond substituents is 1. The van der Waals surface area contributed by atoms with Crippen molar-refractivity contribution >= 4 is 12.4 Å². The van der Waals surface area contributed by atoms with Crippen molar-refractivity contribution in [1.82, 2.24) is 0 Å². The van der Waals surface area contributed by atoms with E-state index >= 15 is 4.57 Å². The van der Waals surface area contributed by atoms with Gasteiger partial charge in [0.25, 0.3) is 0 Å². The van der Waals surface area contributed by atoms with E-state index in [1.54, 1.807) is 64.9 Å². The number of hydrogen-bond acceptors (Lipinski definition) is 4. The van der Waals surface area contributed by atoms with Crippen LogP contribution < -0.4 is 14.8 Å². The molecule has 0 saturated heterocycles. The molecule has 2 bridgehead atoms. The molecule has 3 saturated carbocycles. The Morgan fingerprint density at radius 3 is 1.54 bits per heavy atom. The number of aryl methyl sites for hydroxylation is 7. The monoisotopic (exact) mass is 937 g/mol. The second kappa shape index (κ2) is 21.0. The van der Waals surface area contributed by atoms with Crippen LogP contribution >= 0.6 is 7.14 Å². The van der Waals surface area contributed by atoms with Crippen LogP contribution in [0.5, 0.6) is 17.2 Å². The van der Waals surface area contributed by atoms with Crippen LogP contribution in [0.4, 0.5) is 0 Å². The summed E-state index contributed by atoms with van der Waals surface area (Å²) in [4.78, 5) is 0. The van der Waals surface area contributed by atoms with Crippen molar-refractivity contribution in [3.05, 3.63) is 212 Å². The predicted octanol–water partition coefficient (Wildman–Crippen LogP) is 16.2. The van der Waals surface area contributed by atoms with E-state index < -0.39 is 12.3 Å². The van der Waals surface area contributed by atoms with Gasteiger partial charge in [-0.3, -0.25) is 0 Å². The van der Waals surface area contributed by atoms with Crippen LogP contribution in [-0.2, 0) is 15.9 Å². The minimum atomic E-state index is -3.32. The van der Waals surface area contributed by atoms with Gasteiger partial charge in [-0.15, -0.1) is 0 Å². The number of rotatable bonds is 6. The molecule has 11 rings (SSSR count). The second-order valence-electron chi connectivity index (χ2n) is 20.5. The highest BCUT2D eigenvalue weighted by Crippen LogP contribution is 2.72. The van der Waals surface area contributed by atoms with Crippen LogP contribution in [0.3, 0.4) is 0 Å². The van der Waals surface area contributed by atoms with Crippen molar-refractivity contribution in [2.45, 2.75) is 105 Å². The fraction of sp³-hybridized carbons (Fsp3) is 0.344. The van der Waals surface area contributed by atoms with Crippen molar-refractivity contribution in [3.8, 4) is 28.4 Å². The molecule has 69 heavy (non-hydrogen) atoms. The van der Waals surface area contributed by atoms with Gasteiger partial charge in [0.05, 0.1) is 14.2 Å². The maximum absolute atomic E-state index is 16.3. The Hall–Kier alpha value is -5.83. The summed E-state index contributed by atoms with van der Waals surface area (Å²) in [6, 6.07) is 48.7. The number of fused-ring (bicyclic) bond motifs is 8. The van der Waals surface area contributed by atoms with E-state index in [9.17, 15) is 5.11 Å². The molecule has 1 N–H and O–H groups in total. The van der Waals surface area contributed by atoms with Crippen LogP contribution in [0.15, 0.2) is 146 Å². The van der Waals surface area contributed by atoms with Gasteiger partial charge >= 0.3 is 0 Å². The summed E-state index contributed by atoms with van der Waals surface area (Å²) in [5.41, 5.74) is 16.4. The van der Waals surface area contributed by atoms with E-state index in [1.165, 1.54) is 62.6 Å². The summed E-state index contributed by atoms with van der Waals surface area (Å²) >= 11 is 0. The van der Waals surface area contributed by atoms with E-state index in [-0.39, 0.29) is 5.75 Å². The topological polar surface area (TPSA) is 55.8 Å². The molecule has 358 valence electrons. The quantitative estimate of drug-likeness (QED) is 0.133. The molecule has 7 aromatic rings. The highest BCUT2D eigenvalue weighted by Gasteiger charge is 2.55. The predicted molar refractivity (Wildman–Crippen MR) is 289 cm³/mol. The molecular formula is C64H73O4P. The number of hydrogen-bond donors (Lipinski definition) is 1. The zero-order valence-corrected chi connectivity index (χ0v) is 43.6. The first-order valence-corrected chi connectivity index (χ1v) is 27.0. The molecular weight excluding hydrogens is 864 g/mol. The first kappa shape index (κ1) is 49.6. The fourth-order valence-electron chi connectivity index (χ4n) is 12.8. The fourth-order valence-corrected chi connectivity index (χ4v) is 16.9. The Kier molecular flexibility index (Phi) is 15.1. The lowest BCUT2D eigenvalue weighted by Crippen LogP contribution is -2.36. The van der Waals surface area contributed by atoms with Gasteiger partial charge in [-0.2, -0.15) is 0 Å². The standard InChI is InChI=1S/C34H29O3P.C10H14O.C10H16.C10H14/c1-24-11-13-26(14-12-24)34(27-15-19-29(35)20-16-27,28-17-21-30(37-2)22-18-28)38(36)23-25-7-3-4-8-31(25)32-9-5-6-10-33(32)38;1-7-5-8(2)10(11-4)9(3)6-7;1-2-9-7-4-5-8(6-7)10(9)3-1;1-7-5-8(2)10(4)9(3)6-7/h3-22,35H,23H2,1-2H3;5-6H,1-4H3;7-10H,1-6H2;5-6H,1-4H3. The van der Waals surface area contributed by atoms with Gasteiger partial charge in [0.15, 0.2) is 0 Å². The smallest absolute Gasteiger partial charge is 0.138 e. The minimum absolute atomic E-state index is 0.175. The van der Waals surface area contributed by atoms with Crippen molar-refractivity contribution in [2.75, 3.05) is 14.2 Å². The van der Waals surface area contributed by atoms with Gasteiger partial charge in [0.2, 0.25) is 0 Å². The van der Waals surface area contributed by atoms with Gasteiger partial charge in [0.1, 0.15) is 29.5 Å². The number of methoxy groups -OCH3 is 2. The maximum Gasteiger partial charge on any atom is 0.138 e. The van der Waals surface area contributed by atoms with E-state index in [0.717, 1.165) is 55.7 Å². The third-order valence-corrected chi connectivity index (χ3v) is 19.8. The van der Waals surface area contributed by atoms with Gasteiger partial charge in [0, 0.05) is 11.5 Å². The highest BCUT2D eigenvalue weighted by molar-refractivity contribution is 7.73. The first-order valence-electron chi connectivity index (χ1n) is 25.1. The molecule has 4 aliphatic rings. The molecule has 3 aliphatic carbocycles. The van der Waals surface area contributed by atoms with Gasteiger partial charge in [-0.1, -0.05) is 144 Å². The van der Waals surface area contributed by atoms with E-state index in [4.69, 9.17) is 9.47 Å². The first-order chi connectivity index (χ1) is 33.2. The van der Waals surface area contributed by atoms with Crippen molar-refractivity contribution in [3.63, 3.8) is 0 Å². The van der Waals surface area contributed by atoms with Crippen LogP contribution in [0.2, 0.25) is 0 Å². The molecule has 4 nitrogen and oxygen atoms in total. The van der Waals surface area contributed by atoms with E-state index in [1.807, 2.05) is 66.7 Å². The van der Waals surface area contributed by atoms with Gasteiger partial charge < -0.3 is 19.1 Å². The molecule has 3 fully saturated rings. The largest absolute Gasteiger partial charge is 0.508 e. The lowest BCUT2D eigenvalue weighted by Gasteiger charge is -2.45. The van der Waals surface area contributed by atoms with Crippen LogP contribution in [-0.4, -0.2) is 19.3 Å². The maximum atomic E-state index is 16.3. The number of aromatic hydroxyl groups is 1. The van der Waals surface area contributed by atoms with Crippen LogP contribution in [0.1, 0.15) is 105 Å². The average Bonchev–Trinajstić information content (AvgIpc) is 4.11.